The topological polar surface area (TPSA) is 58.6 Å². The molecule has 0 radical (unpaired) electrons. The maximum atomic E-state index is 11.8. The number of aryl methyl sites for hydroxylation is 1. The van der Waals surface area contributed by atoms with Gasteiger partial charge in [0.25, 0.3) is 5.91 Å². The Morgan fingerprint density at radius 2 is 2.38 bits per heavy atom. The molecule has 0 aromatic heterocycles. The van der Waals surface area contributed by atoms with Crippen LogP contribution in [-0.4, -0.2) is 23.7 Å². The fourth-order valence-electron chi connectivity index (χ4n) is 1.79. The average Bonchev–Trinajstić information content (AvgIpc) is 2.75. The van der Waals surface area contributed by atoms with Crippen molar-refractivity contribution >= 4 is 11.6 Å². The Labute approximate surface area is 94.2 Å². The summed E-state index contributed by atoms with van der Waals surface area (Å²) in [6, 6.07) is 4.86. The number of aromatic hydroxyl groups is 1. The van der Waals surface area contributed by atoms with Crippen molar-refractivity contribution in [2.45, 2.75) is 25.9 Å². The second-order valence-corrected chi connectivity index (χ2v) is 3.99. The largest absolute Gasteiger partial charge is 0.508 e. The summed E-state index contributed by atoms with van der Waals surface area (Å²) in [4.78, 5) is 11.8. The monoisotopic (exact) mass is 221 g/mol. The van der Waals surface area contributed by atoms with E-state index in [1.165, 1.54) is 0 Å². The highest BCUT2D eigenvalue weighted by Crippen LogP contribution is 2.21. The van der Waals surface area contributed by atoms with Crippen LogP contribution in [-0.2, 0) is 9.53 Å². The van der Waals surface area contributed by atoms with Crippen LogP contribution < -0.4 is 5.32 Å². The molecule has 1 saturated heterocycles. The predicted molar refractivity (Wildman–Crippen MR) is 60.4 cm³/mol. The van der Waals surface area contributed by atoms with Crippen molar-refractivity contribution in [1.29, 1.82) is 0 Å². The van der Waals surface area contributed by atoms with Crippen LogP contribution in [0, 0.1) is 6.92 Å². The smallest absolute Gasteiger partial charge is 0.253 e. The van der Waals surface area contributed by atoms with E-state index >= 15 is 0 Å². The van der Waals surface area contributed by atoms with Crippen LogP contribution in [0.4, 0.5) is 5.69 Å². The Bertz CT molecular complexity index is 397. The Balaban J connectivity index is 2.05. The highest BCUT2D eigenvalue weighted by atomic mass is 16.5. The summed E-state index contributed by atoms with van der Waals surface area (Å²) in [6.07, 6.45) is 1.39. The normalized spacial score (nSPS) is 19.7. The lowest BCUT2D eigenvalue weighted by molar-refractivity contribution is -0.124. The predicted octanol–water partition coefficient (Wildman–Crippen LogP) is 1.82. The molecule has 1 aliphatic rings. The van der Waals surface area contributed by atoms with E-state index in [9.17, 15) is 9.90 Å². The summed E-state index contributed by atoms with van der Waals surface area (Å²) in [7, 11) is 0. The van der Waals surface area contributed by atoms with E-state index < -0.39 is 0 Å². The third kappa shape index (κ3) is 2.33. The molecule has 4 heteroatoms. The molecule has 0 saturated carbocycles. The maximum absolute atomic E-state index is 11.8. The molecule has 0 spiro atoms. The molecule has 1 aromatic carbocycles. The number of phenolic OH excluding ortho intramolecular Hbond substituents is 1. The molecule has 4 nitrogen and oxygen atoms in total. The van der Waals surface area contributed by atoms with E-state index in [0.29, 0.717) is 6.61 Å². The molecule has 2 N–H and O–H groups in total. The van der Waals surface area contributed by atoms with Crippen molar-refractivity contribution < 1.29 is 14.6 Å². The van der Waals surface area contributed by atoms with Gasteiger partial charge in [-0.3, -0.25) is 4.79 Å². The first-order chi connectivity index (χ1) is 7.66. The molecule has 16 heavy (non-hydrogen) atoms. The van der Waals surface area contributed by atoms with Gasteiger partial charge < -0.3 is 15.2 Å². The third-order valence-corrected chi connectivity index (χ3v) is 2.69. The van der Waals surface area contributed by atoms with E-state index in [-0.39, 0.29) is 17.8 Å². The molecule has 1 fully saturated rings. The fraction of sp³-hybridized carbons (Fsp3) is 0.417. The Hall–Kier alpha value is -1.55. The lowest BCUT2D eigenvalue weighted by Gasteiger charge is -2.12. The average molecular weight is 221 g/mol. The van der Waals surface area contributed by atoms with Crippen LogP contribution >= 0.6 is 0 Å². The van der Waals surface area contributed by atoms with Gasteiger partial charge in [-0.05, 0) is 43.5 Å². The molecular weight excluding hydrogens is 206 g/mol. The summed E-state index contributed by atoms with van der Waals surface area (Å²) < 4.78 is 5.29. The standard InChI is InChI=1S/C12H15NO3/c1-8-7-9(14)4-5-10(8)13-12(15)11-3-2-6-16-11/h4-5,7,11,14H,2-3,6H2,1H3,(H,13,15). The summed E-state index contributed by atoms with van der Waals surface area (Å²) >= 11 is 0. The number of rotatable bonds is 2. The highest BCUT2D eigenvalue weighted by molar-refractivity contribution is 5.95. The van der Waals surface area contributed by atoms with Crippen molar-refractivity contribution in [3.63, 3.8) is 0 Å². The van der Waals surface area contributed by atoms with Gasteiger partial charge in [0, 0.05) is 12.3 Å². The van der Waals surface area contributed by atoms with Gasteiger partial charge in [0.2, 0.25) is 0 Å². The second-order valence-electron chi connectivity index (χ2n) is 3.99. The molecule has 1 aromatic rings. The molecule has 2 rings (SSSR count). The Kier molecular flexibility index (Phi) is 3.10. The van der Waals surface area contributed by atoms with Crippen LogP contribution in [0.3, 0.4) is 0 Å². The van der Waals surface area contributed by atoms with Gasteiger partial charge in [0.15, 0.2) is 0 Å². The minimum Gasteiger partial charge on any atom is -0.508 e. The van der Waals surface area contributed by atoms with Gasteiger partial charge in [-0.2, -0.15) is 0 Å². The zero-order valence-corrected chi connectivity index (χ0v) is 9.19. The summed E-state index contributed by atoms with van der Waals surface area (Å²) in [5, 5.41) is 12.1. The van der Waals surface area contributed by atoms with E-state index in [1.807, 2.05) is 6.92 Å². The minimum absolute atomic E-state index is 0.105. The number of carbonyl (C=O) groups is 1. The van der Waals surface area contributed by atoms with Crippen molar-refractivity contribution in [3.05, 3.63) is 23.8 Å². The lowest BCUT2D eigenvalue weighted by Crippen LogP contribution is -2.27. The number of anilines is 1. The van der Waals surface area contributed by atoms with Crippen LogP contribution in [0.25, 0.3) is 0 Å². The minimum atomic E-state index is -0.326. The van der Waals surface area contributed by atoms with Crippen molar-refractivity contribution in [2.75, 3.05) is 11.9 Å². The highest BCUT2D eigenvalue weighted by Gasteiger charge is 2.23. The number of carbonyl (C=O) groups excluding carboxylic acids is 1. The zero-order valence-electron chi connectivity index (χ0n) is 9.19. The first-order valence-corrected chi connectivity index (χ1v) is 5.39. The Morgan fingerprint density at radius 3 is 3.00 bits per heavy atom. The van der Waals surface area contributed by atoms with Gasteiger partial charge in [-0.25, -0.2) is 0 Å². The fourth-order valence-corrected chi connectivity index (χ4v) is 1.79. The lowest BCUT2D eigenvalue weighted by atomic mass is 10.1. The molecule has 1 unspecified atom stereocenters. The number of hydrogen-bond acceptors (Lipinski definition) is 3. The number of nitrogens with one attached hydrogen (secondary N) is 1. The first-order valence-electron chi connectivity index (χ1n) is 5.39. The van der Waals surface area contributed by atoms with E-state index in [2.05, 4.69) is 5.32 Å². The molecular formula is C12H15NO3. The van der Waals surface area contributed by atoms with Gasteiger partial charge in [0.1, 0.15) is 11.9 Å². The first kappa shape index (κ1) is 11.0. The second kappa shape index (κ2) is 4.53. The molecule has 1 amide bonds. The number of benzene rings is 1. The van der Waals surface area contributed by atoms with Gasteiger partial charge >= 0.3 is 0 Å². The summed E-state index contributed by atoms with van der Waals surface area (Å²) in [6.45, 7) is 2.50. The van der Waals surface area contributed by atoms with Crippen LogP contribution in [0.1, 0.15) is 18.4 Å². The van der Waals surface area contributed by atoms with Gasteiger partial charge in [-0.1, -0.05) is 0 Å². The SMILES string of the molecule is Cc1cc(O)ccc1NC(=O)C1CCCO1. The molecule has 1 heterocycles. The molecule has 0 bridgehead atoms. The summed E-state index contributed by atoms with van der Waals surface area (Å²) in [5.74, 6) is 0.0962. The van der Waals surface area contributed by atoms with Crippen molar-refractivity contribution in [3.8, 4) is 5.75 Å². The quantitative estimate of drug-likeness (QED) is 0.749. The number of ether oxygens (including phenoxy) is 1. The molecule has 1 atom stereocenters. The number of hydrogen-bond donors (Lipinski definition) is 2. The third-order valence-electron chi connectivity index (χ3n) is 2.69. The zero-order chi connectivity index (χ0) is 11.5. The molecule has 0 aliphatic carbocycles. The number of phenols is 1. The van der Waals surface area contributed by atoms with Gasteiger partial charge in [-0.15, -0.1) is 0 Å². The van der Waals surface area contributed by atoms with E-state index in [1.54, 1.807) is 18.2 Å². The summed E-state index contributed by atoms with van der Waals surface area (Å²) in [5.41, 5.74) is 1.56. The number of amides is 1. The Morgan fingerprint density at radius 1 is 1.56 bits per heavy atom. The van der Waals surface area contributed by atoms with E-state index in [0.717, 1.165) is 24.1 Å². The van der Waals surface area contributed by atoms with Crippen LogP contribution in [0.5, 0.6) is 5.75 Å². The maximum Gasteiger partial charge on any atom is 0.253 e. The van der Waals surface area contributed by atoms with Crippen LogP contribution in [0.2, 0.25) is 0 Å². The molecule has 86 valence electrons. The molecule has 1 aliphatic heterocycles. The van der Waals surface area contributed by atoms with E-state index in [4.69, 9.17) is 4.74 Å². The van der Waals surface area contributed by atoms with Crippen LogP contribution in [0.15, 0.2) is 18.2 Å². The van der Waals surface area contributed by atoms with Gasteiger partial charge in [0.05, 0.1) is 0 Å². The van der Waals surface area contributed by atoms with Crippen molar-refractivity contribution in [1.82, 2.24) is 0 Å². The van der Waals surface area contributed by atoms with Crippen molar-refractivity contribution in [2.24, 2.45) is 0 Å².